The number of carboxylic acid groups (broad SMARTS) is 1. The molecule has 0 aromatic carbocycles. The van der Waals surface area contributed by atoms with E-state index in [0.717, 1.165) is 25.7 Å². The van der Waals surface area contributed by atoms with Crippen molar-refractivity contribution in [2.75, 3.05) is 0 Å². The highest BCUT2D eigenvalue weighted by atomic mass is 16.6. The number of ether oxygens (including phenoxy) is 1. The zero-order valence-electron chi connectivity index (χ0n) is 12.1. The number of hydrogen-bond acceptors (Lipinski definition) is 3. The second kappa shape index (κ2) is 7.51. The molecule has 0 heterocycles. The third-order valence-electron chi connectivity index (χ3n) is 4.41. The highest BCUT2D eigenvalue weighted by Crippen LogP contribution is 2.39. The summed E-state index contributed by atoms with van der Waals surface area (Å²) in [6, 6.07) is 0. The molecule has 0 aliphatic heterocycles. The molecule has 0 amide bonds. The van der Waals surface area contributed by atoms with Gasteiger partial charge < -0.3 is 9.84 Å². The van der Waals surface area contributed by atoms with Crippen molar-refractivity contribution in [3.8, 4) is 0 Å². The number of carbonyl (C=O) groups is 2. The summed E-state index contributed by atoms with van der Waals surface area (Å²) >= 11 is 0. The van der Waals surface area contributed by atoms with Crippen LogP contribution in [0.15, 0.2) is 0 Å². The molecule has 1 aliphatic carbocycles. The summed E-state index contributed by atoms with van der Waals surface area (Å²) < 4.78 is 5.72. The first kappa shape index (κ1) is 16.0. The van der Waals surface area contributed by atoms with Gasteiger partial charge in [-0.1, -0.05) is 33.1 Å². The van der Waals surface area contributed by atoms with E-state index >= 15 is 0 Å². The minimum atomic E-state index is -0.951. The maximum absolute atomic E-state index is 11.8. The van der Waals surface area contributed by atoms with E-state index < -0.39 is 5.97 Å². The summed E-state index contributed by atoms with van der Waals surface area (Å²) in [5.41, 5.74) is -0.379. The monoisotopic (exact) mass is 270 g/mol. The van der Waals surface area contributed by atoms with Crippen molar-refractivity contribution in [1.82, 2.24) is 0 Å². The Kier molecular flexibility index (Phi) is 6.32. The topological polar surface area (TPSA) is 63.6 Å². The van der Waals surface area contributed by atoms with Gasteiger partial charge in [-0.15, -0.1) is 0 Å². The third-order valence-corrected chi connectivity index (χ3v) is 4.41. The van der Waals surface area contributed by atoms with Crippen LogP contribution < -0.4 is 0 Å². The minimum absolute atomic E-state index is 0.0240. The lowest BCUT2D eigenvalue weighted by Crippen LogP contribution is -2.42. The van der Waals surface area contributed by atoms with Gasteiger partial charge in [-0.3, -0.25) is 9.59 Å². The number of esters is 1. The van der Waals surface area contributed by atoms with Gasteiger partial charge in [-0.05, 0) is 31.6 Å². The van der Waals surface area contributed by atoms with E-state index in [-0.39, 0.29) is 24.4 Å². The van der Waals surface area contributed by atoms with Gasteiger partial charge in [0.05, 0.1) is 12.8 Å². The minimum Gasteiger partial charge on any atom is -0.481 e. The number of rotatable bonds is 7. The SMILES string of the molecule is CCC(CC)(OC(=O)CCC(=O)O)C1CCCCC1. The van der Waals surface area contributed by atoms with Gasteiger partial charge in [-0.2, -0.15) is 0 Å². The molecular formula is C15H26O4. The van der Waals surface area contributed by atoms with Crippen molar-refractivity contribution in [3.63, 3.8) is 0 Å². The Morgan fingerprint density at radius 1 is 1.11 bits per heavy atom. The van der Waals surface area contributed by atoms with Gasteiger partial charge in [0.15, 0.2) is 0 Å². The van der Waals surface area contributed by atoms with Crippen molar-refractivity contribution >= 4 is 11.9 Å². The number of carbonyl (C=O) groups excluding carboxylic acids is 1. The van der Waals surface area contributed by atoms with E-state index in [1.165, 1.54) is 19.3 Å². The van der Waals surface area contributed by atoms with E-state index in [0.29, 0.717) is 5.92 Å². The Labute approximate surface area is 115 Å². The predicted molar refractivity (Wildman–Crippen MR) is 72.8 cm³/mol. The molecule has 0 radical (unpaired) electrons. The number of aliphatic carboxylic acids is 1. The van der Waals surface area contributed by atoms with Crippen molar-refractivity contribution in [3.05, 3.63) is 0 Å². The summed E-state index contributed by atoms with van der Waals surface area (Å²) in [4.78, 5) is 22.3. The first-order valence-electron chi connectivity index (χ1n) is 7.47. The second-order valence-electron chi connectivity index (χ2n) is 5.47. The Balaban J connectivity index is 2.64. The Morgan fingerprint density at radius 3 is 2.16 bits per heavy atom. The van der Waals surface area contributed by atoms with Crippen LogP contribution >= 0.6 is 0 Å². The summed E-state index contributed by atoms with van der Waals surface area (Å²) in [6.07, 6.45) is 7.38. The van der Waals surface area contributed by atoms with Crippen LogP contribution in [0.5, 0.6) is 0 Å². The summed E-state index contributed by atoms with van der Waals surface area (Å²) in [6.45, 7) is 4.12. The molecule has 0 aromatic heterocycles. The van der Waals surface area contributed by atoms with Crippen LogP contribution in [-0.4, -0.2) is 22.6 Å². The quantitative estimate of drug-likeness (QED) is 0.719. The fourth-order valence-electron chi connectivity index (χ4n) is 3.17. The second-order valence-corrected chi connectivity index (χ2v) is 5.47. The van der Waals surface area contributed by atoms with Gasteiger partial charge in [0.2, 0.25) is 0 Å². The van der Waals surface area contributed by atoms with Crippen LogP contribution in [0.1, 0.15) is 71.6 Å². The van der Waals surface area contributed by atoms with Crippen molar-refractivity contribution in [2.45, 2.75) is 77.2 Å². The van der Waals surface area contributed by atoms with E-state index in [1.54, 1.807) is 0 Å². The highest BCUT2D eigenvalue weighted by Gasteiger charge is 2.39. The average molecular weight is 270 g/mol. The lowest BCUT2D eigenvalue weighted by molar-refractivity contribution is -0.170. The van der Waals surface area contributed by atoms with Crippen LogP contribution in [0, 0.1) is 5.92 Å². The molecule has 1 rings (SSSR count). The molecule has 1 N–H and O–H groups in total. The van der Waals surface area contributed by atoms with Gasteiger partial charge >= 0.3 is 11.9 Å². The van der Waals surface area contributed by atoms with Crippen LogP contribution in [0.4, 0.5) is 0 Å². The molecule has 0 atom stereocenters. The molecule has 0 aromatic rings. The van der Waals surface area contributed by atoms with Crippen LogP contribution in [0.3, 0.4) is 0 Å². The number of hydrogen-bond donors (Lipinski definition) is 1. The molecule has 4 heteroatoms. The van der Waals surface area contributed by atoms with E-state index in [9.17, 15) is 9.59 Å². The van der Waals surface area contributed by atoms with Crippen LogP contribution in [0.25, 0.3) is 0 Å². The zero-order valence-corrected chi connectivity index (χ0v) is 12.1. The normalized spacial score (nSPS) is 17.2. The maximum atomic E-state index is 11.8. The molecule has 1 fully saturated rings. The summed E-state index contributed by atoms with van der Waals surface area (Å²) in [7, 11) is 0. The first-order chi connectivity index (χ1) is 9.04. The molecule has 0 saturated heterocycles. The van der Waals surface area contributed by atoms with Crippen LogP contribution in [-0.2, 0) is 14.3 Å². The standard InChI is InChI=1S/C15H26O4/c1-3-15(4-2,12-8-6-5-7-9-12)19-14(18)11-10-13(16)17/h12H,3-11H2,1-2H3,(H,16,17). The van der Waals surface area contributed by atoms with E-state index in [2.05, 4.69) is 13.8 Å². The molecule has 19 heavy (non-hydrogen) atoms. The number of carboxylic acids is 1. The molecule has 1 saturated carbocycles. The molecule has 4 nitrogen and oxygen atoms in total. The van der Waals surface area contributed by atoms with Crippen molar-refractivity contribution in [1.29, 1.82) is 0 Å². The lowest BCUT2D eigenvalue weighted by Gasteiger charge is -2.41. The first-order valence-corrected chi connectivity index (χ1v) is 7.47. The fraction of sp³-hybridized carbons (Fsp3) is 0.867. The highest BCUT2D eigenvalue weighted by molar-refractivity contribution is 5.76. The molecule has 0 spiro atoms. The average Bonchev–Trinajstić information content (AvgIpc) is 2.43. The predicted octanol–water partition coefficient (Wildman–Crippen LogP) is 3.53. The Bertz CT molecular complexity index is 301. The smallest absolute Gasteiger partial charge is 0.306 e. The van der Waals surface area contributed by atoms with Gasteiger partial charge in [0, 0.05) is 0 Å². The van der Waals surface area contributed by atoms with Gasteiger partial charge in [0.25, 0.3) is 0 Å². The molecule has 0 bridgehead atoms. The van der Waals surface area contributed by atoms with Crippen molar-refractivity contribution < 1.29 is 19.4 Å². The molecular weight excluding hydrogens is 244 g/mol. The third kappa shape index (κ3) is 4.51. The Morgan fingerprint density at radius 2 is 1.68 bits per heavy atom. The maximum Gasteiger partial charge on any atom is 0.306 e. The lowest BCUT2D eigenvalue weighted by atomic mass is 9.74. The van der Waals surface area contributed by atoms with Gasteiger partial charge in [-0.25, -0.2) is 0 Å². The molecule has 110 valence electrons. The Hall–Kier alpha value is -1.06. The van der Waals surface area contributed by atoms with Crippen LogP contribution in [0.2, 0.25) is 0 Å². The summed E-state index contributed by atoms with van der Waals surface area (Å²) in [5.74, 6) is -0.880. The molecule has 1 aliphatic rings. The molecule has 0 unspecified atom stereocenters. The van der Waals surface area contributed by atoms with Crippen molar-refractivity contribution in [2.24, 2.45) is 5.92 Å². The van der Waals surface area contributed by atoms with E-state index in [4.69, 9.17) is 9.84 Å². The summed E-state index contributed by atoms with van der Waals surface area (Å²) in [5, 5.41) is 8.62. The largest absolute Gasteiger partial charge is 0.481 e. The van der Waals surface area contributed by atoms with E-state index in [1.807, 2.05) is 0 Å². The van der Waals surface area contributed by atoms with Gasteiger partial charge in [0.1, 0.15) is 5.60 Å². The fourth-order valence-corrected chi connectivity index (χ4v) is 3.17. The zero-order chi connectivity index (χ0) is 14.3.